The summed E-state index contributed by atoms with van der Waals surface area (Å²) in [5.74, 6) is 0.980. The van der Waals surface area contributed by atoms with E-state index in [9.17, 15) is 0 Å². The zero-order valence-corrected chi connectivity index (χ0v) is 22.8. The summed E-state index contributed by atoms with van der Waals surface area (Å²) in [4.78, 5) is 7.58. The Kier molecular flexibility index (Phi) is 4.83. The lowest BCUT2D eigenvalue weighted by Crippen LogP contribution is -2.05. The Morgan fingerprint density at radius 2 is 1.20 bits per heavy atom. The van der Waals surface area contributed by atoms with Crippen LogP contribution in [0, 0.1) is 0 Å². The zero-order chi connectivity index (χ0) is 26.9. The van der Waals surface area contributed by atoms with E-state index in [2.05, 4.69) is 149 Å². The van der Waals surface area contributed by atoms with Gasteiger partial charge < -0.3 is 4.57 Å². The van der Waals surface area contributed by atoms with E-state index in [0.717, 1.165) is 22.6 Å². The van der Waals surface area contributed by atoms with Crippen molar-refractivity contribution in [1.29, 1.82) is 0 Å². The first-order chi connectivity index (χ1) is 20.3. The minimum atomic E-state index is 0.980. The summed E-state index contributed by atoms with van der Waals surface area (Å²) in [6.45, 7) is 0. The van der Waals surface area contributed by atoms with Crippen LogP contribution >= 0.6 is 11.8 Å². The fourth-order valence-corrected chi connectivity index (χ4v) is 7.55. The average Bonchev–Trinajstić information content (AvgIpc) is 3.59. The van der Waals surface area contributed by atoms with Crippen molar-refractivity contribution in [2.24, 2.45) is 0 Å². The molecule has 0 saturated heterocycles. The lowest BCUT2D eigenvalue weighted by molar-refractivity contribution is 1.04. The number of imidazole rings is 1. The van der Waals surface area contributed by atoms with Crippen LogP contribution in [0.2, 0.25) is 0 Å². The SMILES string of the molecule is c1ccc(-c2nc3cccc4c3n2-c2cccc(-c3ccc(-n5c6ccccc6c6ccccc65)cc3)c2S4)cc1. The molecule has 8 aromatic rings. The van der Waals surface area contributed by atoms with Crippen molar-refractivity contribution in [3.8, 4) is 33.9 Å². The van der Waals surface area contributed by atoms with Crippen molar-refractivity contribution in [1.82, 2.24) is 14.1 Å². The van der Waals surface area contributed by atoms with E-state index in [-0.39, 0.29) is 0 Å². The van der Waals surface area contributed by atoms with Gasteiger partial charge in [0.05, 0.1) is 27.8 Å². The van der Waals surface area contributed by atoms with Crippen LogP contribution in [0.15, 0.2) is 149 Å². The van der Waals surface area contributed by atoms with Gasteiger partial charge in [-0.25, -0.2) is 4.98 Å². The molecule has 0 fully saturated rings. The monoisotopic (exact) mass is 541 g/mol. The fourth-order valence-electron chi connectivity index (χ4n) is 6.33. The predicted molar refractivity (Wildman–Crippen MR) is 170 cm³/mol. The molecule has 0 amide bonds. The van der Waals surface area contributed by atoms with Crippen LogP contribution in [0.1, 0.15) is 0 Å². The molecule has 1 aliphatic heterocycles. The normalized spacial score (nSPS) is 12.3. The van der Waals surface area contributed by atoms with Crippen LogP contribution < -0.4 is 0 Å². The van der Waals surface area contributed by atoms with Gasteiger partial charge >= 0.3 is 0 Å². The van der Waals surface area contributed by atoms with E-state index in [1.807, 2.05) is 11.8 Å². The van der Waals surface area contributed by atoms with Crippen molar-refractivity contribution >= 4 is 44.6 Å². The van der Waals surface area contributed by atoms with Gasteiger partial charge in [0.2, 0.25) is 0 Å². The van der Waals surface area contributed by atoms with E-state index >= 15 is 0 Å². The maximum absolute atomic E-state index is 5.09. The Labute approximate surface area is 241 Å². The molecule has 4 heteroatoms. The van der Waals surface area contributed by atoms with Gasteiger partial charge in [-0.2, -0.15) is 0 Å². The number of fused-ring (bicyclic) bond motifs is 5. The minimum absolute atomic E-state index is 0.980. The third-order valence-electron chi connectivity index (χ3n) is 8.14. The Balaban J connectivity index is 1.21. The summed E-state index contributed by atoms with van der Waals surface area (Å²) in [5, 5.41) is 2.56. The first-order valence-corrected chi connectivity index (χ1v) is 14.6. The molecule has 3 heterocycles. The summed E-state index contributed by atoms with van der Waals surface area (Å²) in [5.41, 5.74) is 10.6. The second-order valence-electron chi connectivity index (χ2n) is 10.4. The maximum Gasteiger partial charge on any atom is 0.145 e. The summed E-state index contributed by atoms with van der Waals surface area (Å²) in [6.07, 6.45) is 0. The van der Waals surface area contributed by atoms with Gasteiger partial charge in [-0.3, -0.25) is 4.57 Å². The highest BCUT2D eigenvalue weighted by Gasteiger charge is 2.26. The van der Waals surface area contributed by atoms with Crippen molar-refractivity contribution in [2.45, 2.75) is 9.79 Å². The molecule has 9 rings (SSSR count). The van der Waals surface area contributed by atoms with E-state index in [1.165, 1.54) is 53.9 Å². The molecule has 0 atom stereocenters. The number of para-hydroxylation sites is 3. The maximum atomic E-state index is 5.09. The molecule has 41 heavy (non-hydrogen) atoms. The number of nitrogens with zero attached hydrogens (tertiary/aromatic N) is 3. The molecule has 0 radical (unpaired) electrons. The molecule has 0 N–H and O–H groups in total. The van der Waals surface area contributed by atoms with E-state index in [1.54, 1.807) is 0 Å². The van der Waals surface area contributed by atoms with Gasteiger partial charge in [-0.05, 0) is 53.6 Å². The third-order valence-corrected chi connectivity index (χ3v) is 9.32. The zero-order valence-electron chi connectivity index (χ0n) is 22.0. The quantitative estimate of drug-likeness (QED) is 0.222. The average molecular weight is 542 g/mol. The highest BCUT2D eigenvalue weighted by molar-refractivity contribution is 8.00. The predicted octanol–water partition coefficient (Wildman–Crippen LogP) is 9.92. The van der Waals surface area contributed by atoms with Crippen molar-refractivity contribution < 1.29 is 0 Å². The highest BCUT2D eigenvalue weighted by atomic mass is 32.2. The largest absolute Gasteiger partial charge is 0.309 e. The molecule has 0 saturated carbocycles. The Morgan fingerprint density at radius 3 is 1.95 bits per heavy atom. The summed E-state index contributed by atoms with van der Waals surface area (Å²) in [7, 11) is 0. The Hall–Kier alpha value is -5.06. The first kappa shape index (κ1) is 22.7. The Bertz CT molecular complexity index is 2220. The first-order valence-electron chi connectivity index (χ1n) is 13.8. The highest BCUT2D eigenvalue weighted by Crippen LogP contribution is 2.48. The molecule has 0 unspecified atom stereocenters. The molecule has 0 aliphatic carbocycles. The molecule has 6 aromatic carbocycles. The van der Waals surface area contributed by atoms with Gasteiger partial charge in [0.1, 0.15) is 5.82 Å². The number of benzene rings is 6. The minimum Gasteiger partial charge on any atom is -0.309 e. The van der Waals surface area contributed by atoms with Crippen LogP contribution in [-0.4, -0.2) is 14.1 Å². The van der Waals surface area contributed by atoms with E-state index in [4.69, 9.17) is 4.98 Å². The third kappa shape index (κ3) is 3.32. The molecule has 3 nitrogen and oxygen atoms in total. The van der Waals surface area contributed by atoms with Gasteiger partial charge in [-0.1, -0.05) is 109 Å². The van der Waals surface area contributed by atoms with Gasteiger partial charge in [-0.15, -0.1) is 0 Å². The van der Waals surface area contributed by atoms with Crippen LogP contribution in [0.5, 0.6) is 0 Å². The second-order valence-corrected chi connectivity index (χ2v) is 11.5. The van der Waals surface area contributed by atoms with Crippen LogP contribution in [0.25, 0.3) is 66.7 Å². The van der Waals surface area contributed by atoms with Crippen molar-refractivity contribution in [3.63, 3.8) is 0 Å². The number of aromatic nitrogens is 3. The molecule has 1 aliphatic rings. The van der Waals surface area contributed by atoms with Gasteiger partial charge in [0.15, 0.2) is 0 Å². The lowest BCUT2D eigenvalue weighted by atomic mass is 10.0. The smallest absolute Gasteiger partial charge is 0.145 e. The Morgan fingerprint density at radius 1 is 0.512 bits per heavy atom. The van der Waals surface area contributed by atoms with Crippen molar-refractivity contribution in [3.05, 3.63) is 140 Å². The van der Waals surface area contributed by atoms with Crippen molar-refractivity contribution in [2.75, 3.05) is 0 Å². The fraction of sp³-hybridized carbons (Fsp3) is 0. The van der Waals surface area contributed by atoms with Crippen LogP contribution in [0.3, 0.4) is 0 Å². The van der Waals surface area contributed by atoms with E-state index < -0.39 is 0 Å². The number of rotatable bonds is 3. The molecular formula is C37H23N3S. The summed E-state index contributed by atoms with van der Waals surface area (Å²) < 4.78 is 4.72. The summed E-state index contributed by atoms with van der Waals surface area (Å²) in [6, 6.07) is 49.9. The summed E-state index contributed by atoms with van der Waals surface area (Å²) >= 11 is 1.84. The van der Waals surface area contributed by atoms with Crippen LogP contribution in [-0.2, 0) is 0 Å². The number of hydrogen-bond acceptors (Lipinski definition) is 2. The molecule has 0 spiro atoms. The molecule has 192 valence electrons. The van der Waals surface area contributed by atoms with Gasteiger partial charge in [0.25, 0.3) is 0 Å². The number of hydrogen-bond donors (Lipinski definition) is 0. The molecule has 0 bridgehead atoms. The van der Waals surface area contributed by atoms with Crippen LogP contribution in [0.4, 0.5) is 0 Å². The molecule has 2 aromatic heterocycles. The lowest BCUT2D eigenvalue weighted by Gasteiger charge is -2.23. The topological polar surface area (TPSA) is 22.8 Å². The van der Waals surface area contributed by atoms with E-state index in [0.29, 0.717) is 0 Å². The van der Waals surface area contributed by atoms with Gasteiger partial charge in [0, 0.05) is 31.8 Å². The second kappa shape index (κ2) is 8.72. The molecular weight excluding hydrogens is 518 g/mol. The standard InChI is InChI=1S/C37H23N3S/c1-2-10-25(11-3-1)37-38-30-15-9-19-34-35(30)40(37)33-18-8-14-27(36(33)41-34)24-20-22-26(23-21-24)39-31-16-6-4-12-28(31)29-13-5-7-17-32(29)39/h1-23H.